The second kappa shape index (κ2) is 2.90. The third-order valence-corrected chi connectivity index (χ3v) is 2.79. The zero-order valence-electron chi connectivity index (χ0n) is 7.97. The highest BCUT2D eigenvalue weighted by Gasteiger charge is 2.42. The molecular formula is C11H9NO3. The van der Waals surface area contributed by atoms with Crippen molar-refractivity contribution in [3.05, 3.63) is 35.4 Å². The van der Waals surface area contributed by atoms with E-state index in [1.54, 1.807) is 24.3 Å². The van der Waals surface area contributed by atoms with Gasteiger partial charge < -0.3 is 4.74 Å². The molecule has 1 aromatic rings. The quantitative estimate of drug-likeness (QED) is 0.640. The van der Waals surface area contributed by atoms with Crippen LogP contribution in [0.4, 0.5) is 0 Å². The Bertz CT molecular complexity index is 416. The number of hydrogen-bond acceptors (Lipinski definition) is 3. The van der Waals surface area contributed by atoms with Crippen LogP contribution in [0.5, 0.6) is 0 Å². The number of carbonyl (C=O) groups excluding carboxylic acids is 2. The van der Waals surface area contributed by atoms with Gasteiger partial charge in [0, 0.05) is 6.42 Å². The number of imide groups is 1. The first kappa shape index (κ1) is 8.61. The predicted octanol–water partition coefficient (Wildman–Crippen LogP) is 1.03. The summed E-state index contributed by atoms with van der Waals surface area (Å²) in [5.41, 5.74) is 0.969. The summed E-state index contributed by atoms with van der Waals surface area (Å²) < 4.78 is 5.17. The van der Waals surface area contributed by atoms with Gasteiger partial charge in [0.25, 0.3) is 11.8 Å². The van der Waals surface area contributed by atoms with Gasteiger partial charge in [0.05, 0.1) is 17.7 Å². The van der Waals surface area contributed by atoms with Crippen molar-refractivity contribution >= 4 is 11.8 Å². The zero-order valence-corrected chi connectivity index (χ0v) is 7.97. The summed E-state index contributed by atoms with van der Waals surface area (Å²) >= 11 is 0. The molecular weight excluding hydrogens is 194 g/mol. The van der Waals surface area contributed by atoms with Crippen molar-refractivity contribution in [3.63, 3.8) is 0 Å². The van der Waals surface area contributed by atoms with Gasteiger partial charge >= 0.3 is 0 Å². The number of benzene rings is 1. The van der Waals surface area contributed by atoms with Gasteiger partial charge in [-0.1, -0.05) is 12.1 Å². The summed E-state index contributed by atoms with van der Waals surface area (Å²) in [5, 5.41) is 0. The van der Waals surface area contributed by atoms with Crippen molar-refractivity contribution in [1.82, 2.24) is 4.90 Å². The minimum Gasteiger partial charge on any atom is -0.358 e. The van der Waals surface area contributed by atoms with E-state index in [1.165, 1.54) is 4.90 Å². The summed E-state index contributed by atoms with van der Waals surface area (Å²) in [5.74, 6) is -0.472. The molecule has 2 aliphatic heterocycles. The monoisotopic (exact) mass is 203 g/mol. The minimum absolute atomic E-state index is 0.236. The highest BCUT2D eigenvalue weighted by Crippen LogP contribution is 2.28. The van der Waals surface area contributed by atoms with Gasteiger partial charge in [-0.25, -0.2) is 4.90 Å². The first-order chi connectivity index (χ1) is 7.29. The lowest BCUT2D eigenvalue weighted by Crippen LogP contribution is -2.47. The van der Waals surface area contributed by atoms with Gasteiger partial charge in [-0.15, -0.1) is 0 Å². The highest BCUT2D eigenvalue weighted by molar-refractivity contribution is 6.21. The Kier molecular flexibility index (Phi) is 1.67. The van der Waals surface area contributed by atoms with E-state index in [9.17, 15) is 9.59 Å². The average molecular weight is 203 g/mol. The van der Waals surface area contributed by atoms with Crippen LogP contribution in [0.15, 0.2) is 24.3 Å². The van der Waals surface area contributed by atoms with Crippen molar-refractivity contribution in [2.45, 2.75) is 12.6 Å². The molecule has 1 aromatic carbocycles. The molecule has 0 spiro atoms. The SMILES string of the molecule is O=C1c2ccccc2C(=O)N1C1CCO1. The van der Waals surface area contributed by atoms with Crippen LogP contribution in [0, 0.1) is 0 Å². The maximum absolute atomic E-state index is 11.9. The Morgan fingerprint density at radius 1 is 1.13 bits per heavy atom. The third kappa shape index (κ3) is 1.05. The fourth-order valence-corrected chi connectivity index (χ4v) is 1.90. The smallest absolute Gasteiger partial charge is 0.263 e. The number of nitrogens with zero attached hydrogens (tertiary/aromatic N) is 1. The van der Waals surface area contributed by atoms with Crippen molar-refractivity contribution in [3.8, 4) is 0 Å². The Balaban J connectivity index is 2.04. The van der Waals surface area contributed by atoms with E-state index in [4.69, 9.17) is 4.74 Å². The van der Waals surface area contributed by atoms with E-state index in [2.05, 4.69) is 0 Å². The second-order valence-electron chi connectivity index (χ2n) is 3.64. The fraction of sp³-hybridized carbons (Fsp3) is 0.273. The molecule has 2 aliphatic rings. The van der Waals surface area contributed by atoms with Crippen LogP contribution >= 0.6 is 0 Å². The summed E-state index contributed by atoms with van der Waals surface area (Å²) in [7, 11) is 0. The molecule has 0 radical (unpaired) electrons. The molecule has 2 amide bonds. The topological polar surface area (TPSA) is 46.6 Å². The lowest BCUT2D eigenvalue weighted by molar-refractivity contribution is -0.113. The molecule has 0 aromatic heterocycles. The molecule has 1 unspecified atom stereocenters. The maximum atomic E-state index is 11.9. The summed E-state index contributed by atoms with van der Waals surface area (Å²) in [4.78, 5) is 24.9. The van der Waals surface area contributed by atoms with E-state index in [-0.39, 0.29) is 18.0 Å². The Morgan fingerprint density at radius 2 is 1.67 bits per heavy atom. The molecule has 2 heterocycles. The number of carbonyl (C=O) groups is 2. The first-order valence-corrected chi connectivity index (χ1v) is 4.87. The number of rotatable bonds is 1. The van der Waals surface area contributed by atoms with E-state index >= 15 is 0 Å². The first-order valence-electron chi connectivity index (χ1n) is 4.87. The summed E-state index contributed by atoms with van der Waals surface area (Å²) in [6.07, 6.45) is 0.392. The van der Waals surface area contributed by atoms with Gasteiger partial charge in [0.15, 0.2) is 0 Å². The minimum atomic E-state index is -0.350. The van der Waals surface area contributed by atoms with Crippen LogP contribution in [0.2, 0.25) is 0 Å². The molecule has 76 valence electrons. The lowest BCUT2D eigenvalue weighted by atomic mass is 10.1. The van der Waals surface area contributed by atoms with Crippen molar-refractivity contribution in [2.75, 3.05) is 6.61 Å². The predicted molar refractivity (Wildman–Crippen MR) is 51.3 cm³/mol. The largest absolute Gasteiger partial charge is 0.358 e. The van der Waals surface area contributed by atoms with Crippen LogP contribution in [-0.4, -0.2) is 29.5 Å². The van der Waals surface area contributed by atoms with Crippen molar-refractivity contribution < 1.29 is 14.3 Å². The van der Waals surface area contributed by atoms with Crippen molar-refractivity contribution in [2.24, 2.45) is 0 Å². The summed E-state index contributed by atoms with van der Waals surface area (Å²) in [6.45, 7) is 0.623. The summed E-state index contributed by atoms with van der Waals surface area (Å²) in [6, 6.07) is 6.87. The maximum Gasteiger partial charge on any atom is 0.263 e. The molecule has 4 nitrogen and oxygen atoms in total. The molecule has 15 heavy (non-hydrogen) atoms. The second-order valence-corrected chi connectivity index (χ2v) is 3.64. The molecule has 1 saturated heterocycles. The molecule has 0 saturated carbocycles. The molecule has 1 fully saturated rings. The van der Waals surface area contributed by atoms with Gasteiger partial charge in [0.1, 0.15) is 6.23 Å². The van der Waals surface area contributed by atoms with E-state index in [0.717, 1.165) is 6.42 Å². The van der Waals surface area contributed by atoms with Crippen LogP contribution in [0.1, 0.15) is 27.1 Å². The molecule has 0 bridgehead atoms. The molecule has 3 rings (SSSR count). The highest BCUT2D eigenvalue weighted by atomic mass is 16.5. The standard InChI is InChI=1S/C11H9NO3/c13-10-7-3-1-2-4-8(7)11(14)12(10)9-5-6-15-9/h1-4,9H,5-6H2. The number of hydrogen-bond donors (Lipinski definition) is 0. The van der Waals surface area contributed by atoms with Crippen LogP contribution in [0.25, 0.3) is 0 Å². The fourth-order valence-electron chi connectivity index (χ4n) is 1.90. The van der Waals surface area contributed by atoms with Gasteiger partial charge in [-0.2, -0.15) is 0 Å². The molecule has 0 N–H and O–H groups in total. The Labute approximate surface area is 86.4 Å². The van der Waals surface area contributed by atoms with E-state index in [0.29, 0.717) is 17.7 Å². The molecule has 1 atom stereocenters. The number of fused-ring (bicyclic) bond motifs is 1. The lowest BCUT2D eigenvalue weighted by Gasteiger charge is -2.32. The Hall–Kier alpha value is -1.68. The number of ether oxygens (including phenoxy) is 1. The van der Waals surface area contributed by atoms with Crippen molar-refractivity contribution in [1.29, 1.82) is 0 Å². The average Bonchev–Trinajstić information content (AvgIpc) is 2.42. The third-order valence-electron chi connectivity index (χ3n) is 2.79. The zero-order chi connectivity index (χ0) is 10.4. The number of amides is 2. The van der Waals surface area contributed by atoms with Gasteiger partial charge in [-0.3, -0.25) is 9.59 Å². The molecule has 4 heteroatoms. The normalized spacial score (nSPS) is 24.0. The van der Waals surface area contributed by atoms with Crippen LogP contribution < -0.4 is 0 Å². The van der Waals surface area contributed by atoms with Gasteiger partial charge in [-0.05, 0) is 12.1 Å². The van der Waals surface area contributed by atoms with Gasteiger partial charge in [0.2, 0.25) is 0 Å². The van der Waals surface area contributed by atoms with Crippen LogP contribution in [-0.2, 0) is 4.74 Å². The van der Waals surface area contributed by atoms with E-state index < -0.39 is 0 Å². The van der Waals surface area contributed by atoms with E-state index in [1.807, 2.05) is 0 Å². The van der Waals surface area contributed by atoms with Crippen LogP contribution in [0.3, 0.4) is 0 Å². The Morgan fingerprint density at radius 3 is 2.07 bits per heavy atom. The molecule has 0 aliphatic carbocycles.